The number of nitrogens with zero attached hydrogens (tertiary/aromatic N) is 1. The first kappa shape index (κ1) is 17.9. The van der Waals surface area contributed by atoms with Gasteiger partial charge in [0.15, 0.2) is 0 Å². The molecule has 0 saturated carbocycles. The van der Waals surface area contributed by atoms with Gasteiger partial charge >= 0.3 is 5.97 Å². The van der Waals surface area contributed by atoms with E-state index in [0.717, 1.165) is 12.8 Å². The number of carboxylic acid groups (broad SMARTS) is 1. The highest BCUT2D eigenvalue weighted by Crippen LogP contribution is 2.27. The van der Waals surface area contributed by atoms with E-state index in [0.29, 0.717) is 18.9 Å². The van der Waals surface area contributed by atoms with Gasteiger partial charge in [0.2, 0.25) is 5.91 Å². The summed E-state index contributed by atoms with van der Waals surface area (Å²) >= 11 is 0. The Labute approximate surface area is 116 Å². The summed E-state index contributed by atoms with van der Waals surface area (Å²) < 4.78 is 0. The van der Waals surface area contributed by atoms with Crippen LogP contribution in [-0.2, 0) is 9.59 Å². The highest BCUT2D eigenvalue weighted by atomic mass is 16.4. The Hall–Kier alpha value is -1.10. The van der Waals surface area contributed by atoms with E-state index in [1.807, 2.05) is 0 Å². The van der Waals surface area contributed by atoms with Gasteiger partial charge in [-0.1, -0.05) is 40.5 Å². The van der Waals surface area contributed by atoms with Crippen molar-refractivity contribution in [3.63, 3.8) is 0 Å². The Kier molecular flexibility index (Phi) is 8.39. The molecule has 112 valence electrons. The third-order valence-electron chi connectivity index (χ3n) is 3.88. The molecule has 0 aliphatic heterocycles. The molecule has 0 aliphatic rings. The maximum absolute atomic E-state index is 11.5. The number of carboxylic acids is 1. The predicted molar refractivity (Wildman–Crippen MR) is 75.2 cm³/mol. The lowest BCUT2D eigenvalue weighted by Crippen LogP contribution is -2.43. The molecule has 0 rings (SSSR count). The SMILES string of the molecule is CCCC(C)C(C)C(CC(=O)O)CN(N)C(=O)CC. The topological polar surface area (TPSA) is 83.6 Å². The van der Waals surface area contributed by atoms with Crippen LogP contribution < -0.4 is 5.84 Å². The van der Waals surface area contributed by atoms with Crippen molar-refractivity contribution in [2.75, 3.05) is 6.54 Å². The summed E-state index contributed by atoms with van der Waals surface area (Å²) in [4.78, 5) is 22.5. The molecule has 5 heteroatoms. The minimum absolute atomic E-state index is 0.0555. The van der Waals surface area contributed by atoms with E-state index in [9.17, 15) is 9.59 Å². The predicted octanol–water partition coefficient (Wildman–Crippen LogP) is 2.26. The van der Waals surface area contributed by atoms with E-state index in [1.165, 1.54) is 5.01 Å². The average Bonchev–Trinajstić information content (AvgIpc) is 2.35. The van der Waals surface area contributed by atoms with Crippen LogP contribution in [0, 0.1) is 17.8 Å². The lowest BCUT2D eigenvalue weighted by molar-refractivity contribution is -0.140. The Bertz CT molecular complexity index is 294. The van der Waals surface area contributed by atoms with Gasteiger partial charge in [0.05, 0.1) is 6.42 Å². The van der Waals surface area contributed by atoms with Gasteiger partial charge < -0.3 is 5.11 Å². The number of aliphatic carboxylic acids is 1. The standard InChI is InChI=1S/C14H28N2O3/c1-5-7-10(3)11(4)12(8-14(18)19)9-16(15)13(17)6-2/h10-12H,5-9,15H2,1-4H3,(H,18,19). The Morgan fingerprint density at radius 3 is 2.26 bits per heavy atom. The molecule has 0 radical (unpaired) electrons. The fourth-order valence-electron chi connectivity index (χ4n) is 2.38. The fraction of sp³-hybridized carbons (Fsp3) is 0.857. The molecule has 0 fully saturated rings. The molecule has 3 atom stereocenters. The number of nitrogens with two attached hydrogens (primary N) is 1. The van der Waals surface area contributed by atoms with Gasteiger partial charge in [0, 0.05) is 13.0 Å². The van der Waals surface area contributed by atoms with Crippen LogP contribution in [0.3, 0.4) is 0 Å². The molecule has 5 nitrogen and oxygen atoms in total. The van der Waals surface area contributed by atoms with Crippen molar-refractivity contribution in [2.45, 2.75) is 53.4 Å². The zero-order valence-corrected chi connectivity index (χ0v) is 12.6. The third-order valence-corrected chi connectivity index (χ3v) is 3.88. The number of carbonyl (C=O) groups is 2. The Balaban J connectivity index is 4.70. The zero-order chi connectivity index (χ0) is 15.0. The molecular weight excluding hydrogens is 244 g/mol. The first-order valence-electron chi connectivity index (χ1n) is 7.10. The van der Waals surface area contributed by atoms with Gasteiger partial charge in [0.1, 0.15) is 0 Å². The van der Waals surface area contributed by atoms with Gasteiger partial charge in [-0.3, -0.25) is 14.6 Å². The summed E-state index contributed by atoms with van der Waals surface area (Å²) in [6.07, 6.45) is 2.53. The highest BCUT2D eigenvalue weighted by molar-refractivity contribution is 5.75. The van der Waals surface area contributed by atoms with E-state index >= 15 is 0 Å². The maximum atomic E-state index is 11.5. The van der Waals surface area contributed by atoms with E-state index in [-0.39, 0.29) is 24.2 Å². The van der Waals surface area contributed by atoms with Gasteiger partial charge in [-0.15, -0.1) is 0 Å². The molecule has 0 aromatic carbocycles. The van der Waals surface area contributed by atoms with E-state index in [1.54, 1.807) is 6.92 Å². The van der Waals surface area contributed by atoms with E-state index < -0.39 is 5.97 Å². The average molecular weight is 272 g/mol. The van der Waals surface area contributed by atoms with Gasteiger partial charge in [-0.2, -0.15) is 0 Å². The van der Waals surface area contributed by atoms with E-state index in [4.69, 9.17) is 10.9 Å². The van der Waals surface area contributed by atoms with Crippen molar-refractivity contribution < 1.29 is 14.7 Å². The molecule has 0 aromatic rings. The Morgan fingerprint density at radius 2 is 1.84 bits per heavy atom. The molecule has 0 aliphatic carbocycles. The first-order chi connectivity index (χ1) is 8.83. The molecule has 0 bridgehead atoms. The molecule has 0 saturated heterocycles. The van der Waals surface area contributed by atoms with Crippen LogP contribution in [0.2, 0.25) is 0 Å². The number of carbonyl (C=O) groups excluding carboxylic acids is 1. The lowest BCUT2D eigenvalue weighted by Gasteiger charge is -2.31. The second-order valence-electron chi connectivity index (χ2n) is 5.38. The molecule has 19 heavy (non-hydrogen) atoms. The van der Waals surface area contributed by atoms with Crippen molar-refractivity contribution in [1.29, 1.82) is 0 Å². The second-order valence-corrected chi connectivity index (χ2v) is 5.38. The molecule has 3 unspecified atom stereocenters. The number of hydrogen-bond donors (Lipinski definition) is 2. The van der Waals surface area contributed by atoms with Crippen molar-refractivity contribution in [2.24, 2.45) is 23.6 Å². The van der Waals surface area contributed by atoms with Crippen molar-refractivity contribution in [3.8, 4) is 0 Å². The maximum Gasteiger partial charge on any atom is 0.303 e. The summed E-state index contributed by atoms with van der Waals surface area (Å²) in [6.45, 7) is 8.36. The molecular formula is C14H28N2O3. The minimum atomic E-state index is -0.835. The molecule has 1 amide bonds. The normalized spacial score (nSPS) is 15.6. The molecule has 0 heterocycles. The third kappa shape index (κ3) is 6.57. The fourth-order valence-corrected chi connectivity index (χ4v) is 2.38. The van der Waals surface area contributed by atoms with Crippen LogP contribution in [0.5, 0.6) is 0 Å². The summed E-state index contributed by atoms with van der Waals surface area (Å²) in [5.74, 6) is 5.29. The van der Waals surface area contributed by atoms with E-state index in [2.05, 4.69) is 20.8 Å². The minimum Gasteiger partial charge on any atom is -0.481 e. The summed E-state index contributed by atoms with van der Waals surface area (Å²) in [5.41, 5.74) is 0. The van der Waals surface area contributed by atoms with Crippen molar-refractivity contribution >= 4 is 11.9 Å². The van der Waals surface area contributed by atoms with Crippen LogP contribution in [0.1, 0.15) is 53.4 Å². The second kappa shape index (κ2) is 8.91. The van der Waals surface area contributed by atoms with Crippen LogP contribution in [0.25, 0.3) is 0 Å². The van der Waals surface area contributed by atoms with Gasteiger partial charge in [0.25, 0.3) is 0 Å². The Morgan fingerprint density at radius 1 is 1.26 bits per heavy atom. The number of rotatable bonds is 9. The summed E-state index contributed by atoms with van der Waals surface area (Å²) in [7, 11) is 0. The van der Waals surface area contributed by atoms with Crippen LogP contribution >= 0.6 is 0 Å². The quantitative estimate of drug-likeness (QED) is 0.383. The lowest BCUT2D eigenvalue weighted by atomic mass is 9.80. The largest absolute Gasteiger partial charge is 0.481 e. The van der Waals surface area contributed by atoms with Crippen LogP contribution in [0.4, 0.5) is 0 Å². The monoisotopic (exact) mass is 272 g/mol. The van der Waals surface area contributed by atoms with Crippen molar-refractivity contribution in [1.82, 2.24) is 5.01 Å². The van der Waals surface area contributed by atoms with Crippen LogP contribution in [0.15, 0.2) is 0 Å². The molecule has 0 spiro atoms. The zero-order valence-electron chi connectivity index (χ0n) is 12.6. The number of hydrogen-bond acceptors (Lipinski definition) is 3. The molecule has 0 aromatic heterocycles. The summed E-state index contributed by atoms with van der Waals surface area (Å²) in [6, 6.07) is 0. The summed E-state index contributed by atoms with van der Waals surface area (Å²) in [5, 5.41) is 10.2. The number of amides is 1. The highest BCUT2D eigenvalue weighted by Gasteiger charge is 2.27. The van der Waals surface area contributed by atoms with Crippen molar-refractivity contribution in [3.05, 3.63) is 0 Å². The number of hydrazine groups is 1. The van der Waals surface area contributed by atoms with Gasteiger partial charge in [-0.25, -0.2) is 5.84 Å². The smallest absolute Gasteiger partial charge is 0.303 e. The first-order valence-corrected chi connectivity index (χ1v) is 7.10. The van der Waals surface area contributed by atoms with Gasteiger partial charge in [-0.05, 0) is 17.8 Å². The molecule has 3 N–H and O–H groups in total. The van der Waals surface area contributed by atoms with Crippen LogP contribution in [-0.4, -0.2) is 28.5 Å².